The third-order valence-electron chi connectivity index (χ3n) is 2.28. The minimum Gasteiger partial charge on any atom is -0.383 e. The third-order valence-corrected chi connectivity index (χ3v) is 3.98. The molecule has 20 heavy (non-hydrogen) atoms. The molecule has 4 N–H and O–H groups in total. The molecule has 0 radical (unpaired) electrons. The summed E-state index contributed by atoms with van der Waals surface area (Å²) in [5, 5.41) is 6.37. The maximum absolute atomic E-state index is 5.60. The Morgan fingerprint density at radius 2 is 2.00 bits per heavy atom. The first-order chi connectivity index (χ1) is 9.70. The van der Waals surface area contributed by atoms with E-state index in [0.29, 0.717) is 34.3 Å². The Morgan fingerprint density at radius 1 is 1.20 bits per heavy atom. The molecule has 9 heteroatoms. The zero-order valence-electron chi connectivity index (χ0n) is 10.2. The van der Waals surface area contributed by atoms with Gasteiger partial charge in [-0.2, -0.15) is 4.98 Å². The van der Waals surface area contributed by atoms with Crippen LogP contribution in [0.25, 0.3) is 10.7 Å². The second-order valence-electron chi connectivity index (χ2n) is 3.78. The molecular weight excluding hydrogens is 296 g/mol. The Bertz CT molecular complexity index is 691. The summed E-state index contributed by atoms with van der Waals surface area (Å²) < 4.78 is 5.18. The molecule has 0 fully saturated rings. The van der Waals surface area contributed by atoms with Crippen LogP contribution in [0.3, 0.4) is 0 Å². The highest BCUT2D eigenvalue weighted by Crippen LogP contribution is 2.24. The maximum Gasteiger partial charge on any atom is 0.237 e. The Hall–Kier alpha value is -2.13. The number of nitrogen functional groups attached to an aromatic ring is 2. The lowest BCUT2D eigenvalue weighted by atomic mass is 10.4. The van der Waals surface area contributed by atoms with Gasteiger partial charge in [0.2, 0.25) is 11.7 Å². The van der Waals surface area contributed by atoms with E-state index in [-0.39, 0.29) is 0 Å². The van der Waals surface area contributed by atoms with Gasteiger partial charge < -0.3 is 16.0 Å². The predicted molar refractivity (Wildman–Crippen MR) is 78.0 cm³/mol. The van der Waals surface area contributed by atoms with E-state index >= 15 is 0 Å². The number of hydrogen-bond acceptors (Lipinski definition) is 9. The Morgan fingerprint density at radius 3 is 2.70 bits per heavy atom. The molecule has 0 bridgehead atoms. The van der Waals surface area contributed by atoms with Crippen molar-refractivity contribution in [1.29, 1.82) is 0 Å². The molecule has 3 heterocycles. The van der Waals surface area contributed by atoms with Gasteiger partial charge in [-0.3, -0.25) is 0 Å². The molecule has 0 aliphatic heterocycles. The van der Waals surface area contributed by atoms with Gasteiger partial charge in [-0.1, -0.05) is 23.0 Å². The fraction of sp³-hybridized carbons (Fsp3) is 0.0909. The van der Waals surface area contributed by atoms with E-state index in [0.717, 1.165) is 4.88 Å². The van der Waals surface area contributed by atoms with Gasteiger partial charge in [0, 0.05) is 6.07 Å². The van der Waals surface area contributed by atoms with Crippen LogP contribution >= 0.6 is 23.1 Å². The molecule has 0 amide bonds. The molecule has 0 unspecified atom stereocenters. The van der Waals surface area contributed by atoms with Crippen molar-refractivity contribution in [3.8, 4) is 10.7 Å². The van der Waals surface area contributed by atoms with E-state index in [1.54, 1.807) is 11.3 Å². The van der Waals surface area contributed by atoms with Gasteiger partial charge in [0.15, 0.2) is 5.16 Å². The van der Waals surface area contributed by atoms with E-state index in [9.17, 15) is 0 Å². The second kappa shape index (κ2) is 5.47. The largest absolute Gasteiger partial charge is 0.383 e. The van der Waals surface area contributed by atoms with Crippen LogP contribution in [0.5, 0.6) is 0 Å². The highest BCUT2D eigenvalue weighted by atomic mass is 32.2. The van der Waals surface area contributed by atoms with Gasteiger partial charge >= 0.3 is 0 Å². The van der Waals surface area contributed by atoms with Crippen molar-refractivity contribution in [3.63, 3.8) is 0 Å². The monoisotopic (exact) mass is 306 g/mol. The normalized spacial score (nSPS) is 10.8. The van der Waals surface area contributed by atoms with Crippen molar-refractivity contribution in [2.24, 2.45) is 0 Å². The first-order valence-electron chi connectivity index (χ1n) is 5.60. The molecule has 3 aromatic heterocycles. The van der Waals surface area contributed by atoms with Crippen LogP contribution in [0.15, 0.2) is 33.3 Å². The quantitative estimate of drug-likeness (QED) is 0.555. The minimum absolute atomic E-state index is 0.338. The second-order valence-corrected chi connectivity index (χ2v) is 5.67. The average Bonchev–Trinajstić information content (AvgIpc) is 3.06. The van der Waals surface area contributed by atoms with Crippen LogP contribution in [0.1, 0.15) is 5.89 Å². The first-order valence-corrected chi connectivity index (χ1v) is 7.46. The predicted octanol–water partition coefficient (Wildman–Crippen LogP) is 2.04. The maximum atomic E-state index is 5.60. The summed E-state index contributed by atoms with van der Waals surface area (Å²) in [4.78, 5) is 13.4. The number of aromatic nitrogens is 4. The molecule has 0 aliphatic carbocycles. The van der Waals surface area contributed by atoms with Crippen molar-refractivity contribution >= 4 is 34.7 Å². The zero-order valence-corrected chi connectivity index (χ0v) is 11.8. The summed E-state index contributed by atoms with van der Waals surface area (Å²) in [5.41, 5.74) is 11.2. The van der Waals surface area contributed by atoms with E-state index in [1.165, 1.54) is 17.8 Å². The number of nitrogens with zero attached hydrogens (tertiary/aromatic N) is 4. The van der Waals surface area contributed by atoms with Crippen molar-refractivity contribution < 1.29 is 4.52 Å². The highest BCUT2D eigenvalue weighted by molar-refractivity contribution is 7.98. The number of anilines is 2. The Labute approximate surface area is 122 Å². The number of rotatable bonds is 4. The van der Waals surface area contributed by atoms with Gasteiger partial charge in [0.1, 0.15) is 11.6 Å². The van der Waals surface area contributed by atoms with E-state index < -0.39 is 0 Å². The van der Waals surface area contributed by atoms with Crippen molar-refractivity contribution in [2.75, 3.05) is 11.5 Å². The molecule has 0 atom stereocenters. The third kappa shape index (κ3) is 2.89. The molecule has 3 aromatic rings. The molecule has 0 saturated heterocycles. The number of hydrogen-bond donors (Lipinski definition) is 2. The summed E-state index contributed by atoms with van der Waals surface area (Å²) >= 11 is 2.90. The van der Waals surface area contributed by atoms with Gasteiger partial charge in [0.05, 0.1) is 10.6 Å². The molecule has 0 aliphatic rings. The molecule has 102 valence electrons. The molecule has 0 aromatic carbocycles. The summed E-state index contributed by atoms with van der Waals surface area (Å²) in [6.07, 6.45) is 0. The van der Waals surface area contributed by atoms with Crippen molar-refractivity contribution in [2.45, 2.75) is 10.9 Å². The lowest BCUT2D eigenvalue weighted by molar-refractivity contribution is 0.391. The molecule has 0 spiro atoms. The van der Waals surface area contributed by atoms with E-state index in [4.69, 9.17) is 16.0 Å². The van der Waals surface area contributed by atoms with Gasteiger partial charge in [0.25, 0.3) is 0 Å². The summed E-state index contributed by atoms with van der Waals surface area (Å²) in [6, 6.07) is 5.38. The van der Waals surface area contributed by atoms with Crippen LogP contribution in [0, 0.1) is 0 Å². The fourth-order valence-electron chi connectivity index (χ4n) is 1.47. The molecule has 7 nitrogen and oxygen atoms in total. The van der Waals surface area contributed by atoms with E-state index in [2.05, 4.69) is 20.1 Å². The smallest absolute Gasteiger partial charge is 0.237 e. The molecule has 3 rings (SSSR count). The van der Waals surface area contributed by atoms with Crippen LogP contribution < -0.4 is 11.5 Å². The molecular formula is C11H10N6OS2. The van der Waals surface area contributed by atoms with E-state index in [1.807, 2.05) is 17.5 Å². The van der Waals surface area contributed by atoms with Crippen LogP contribution in [0.2, 0.25) is 0 Å². The highest BCUT2D eigenvalue weighted by Gasteiger charge is 2.11. The van der Waals surface area contributed by atoms with Crippen LogP contribution in [-0.4, -0.2) is 20.1 Å². The van der Waals surface area contributed by atoms with Gasteiger partial charge in [-0.25, -0.2) is 9.97 Å². The number of nitrogens with two attached hydrogens (primary N) is 2. The lowest BCUT2D eigenvalue weighted by Crippen LogP contribution is -1.99. The number of thiophene rings is 1. The SMILES string of the molecule is Nc1cc(N)nc(SCc2nc(-c3cccs3)no2)n1. The zero-order chi connectivity index (χ0) is 13.9. The Kier molecular flexibility index (Phi) is 3.52. The topological polar surface area (TPSA) is 117 Å². The van der Waals surface area contributed by atoms with Crippen LogP contribution in [0.4, 0.5) is 11.6 Å². The lowest BCUT2D eigenvalue weighted by Gasteiger charge is -2.00. The average molecular weight is 306 g/mol. The number of thioether (sulfide) groups is 1. The van der Waals surface area contributed by atoms with Gasteiger partial charge in [-0.15, -0.1) is 11.3 Å². The fourth-order valence-corrected chi connectivity index (χ4v) is 2.83. The standard InChI is InChI=1S/C11H10N6OS2/c12-7-4-8(13)15-11(14-7)20-5-9-16-10(17-18-9)6-2-1-3-19-6/h1-4H,5H2,(H4,12,13,14,15). The van der Waals surface area contributed by atoms with Crippen LogP contribution in [-0.2, 0) is 5.75 Å². The summed E-state index contributed by atoms with van der Waals surface area (Å²) in [6.45, 7) is 0. The minimum atomic E-state index is 0.338. The summed E-state index contributed by atoms with van der Waals surface area (Å²) in [5.74, 6) is 2.22. The Balaban J connectivity index is 1.69. The van der Waals surface area contributed by atoms with Crippen molar-refractivity contribution in [3.05, 3.63) is 29.5 Å². The van der Waals surface area contributed by atoms with Crippen molar-refractivity contribution in [1.82, 2.24) is 20.1 Å². The molecule has 0 saturated carbocycles. The first kappa shape index (κ1) is 12.9. The van der Waals surface area contributed by atoms with Gasteiger partial charge in [-0.05, 0) is 11.4 Å². The summed E-state index contributed by atoms with van der Waals surface area (Å²) in [7, 11) is 0.